The van der Waals surface area contributed by atoms with Crippen molar-refractivity contribution in [2.24, 2.45) is 0 Å². The number of carbonyl (C=O) groups is 2. The molecule has 0 radical (unpaired) electrons. The zero-order valence-electron chi connectivity index (χ0n) is 21.2. The van der Waals surface area contributed by atoms with Crippen molar-refractivity contribution in [3.63, 3.8) is 0 Å². The van der Waals surface area contributed by atoms with Gasteiger partial charge in [0.05, 0.1) is 10.6 Å². The summed E-state index contributed by atoms with van der Waals surface area (Å²) in [4.78, 5) is 28.2. The lowest BCUT2D eigenvalue weighted by molar-refractivity contribution is -0.140. The normalized spacial score (nSPS) is 12.0. The highest BCUT2D eigenvalue weighted by molar-refractivity contribution is 7.92. The number of benzene rings is 3. The number of sulfonamides is 1. The molecule has 196 valence electrons. The van der Waals surface area contributed by atoms with Crippen molar-refractivity contribution >= 4 is 27.5 Å². The minimum Gasteiger partial charge on any atom is -0.355 e. The fraction of sp³-hybridized carbons (Fsp3) is 0.286. The molecule has 0 saturated heterocycles. The third kappa shape index (κ3) is 6.74. The van der Waals surface area contributed by atoms with Gasteiger partial charge in [0.1, 0.15) is 18.4 Å². The van der Waals surface area contributed by atoms with Crippen LogP contribution in [0.5, 0.6) is 0 Å². The van der Waals surface area contributed by atoms with Crippen molar-refractivity contribution in [2.45, 2.75) is 44.7 Å². The molecular weight excluding hydrogens is 493 g/mol. The molecule has 0 aromatic heterocycles. The highest BCUT2D eigenvalue weighted by atomic mass is 32.2. The summed E-state index contributed by atoms with van der Waals surface area (Å²) in [7, 11) is -4.18. The smallest absolute Gasteiger partial charge is 0.264 e. The molecule has 0 bridgehead atoms. The maximum Gasteiger partial charge on any atom is 0.264 e. The Morgan fingerprint density at radius 3 is 2.14 bits per heavy atom. The van der Waals surface area contributed by atoms with Gasteiger partial charge < -0.3 is 10.2 Å². The molecule has 0 unspecified atom stereocenters. The van der Waals surface area contributed by atoms with E-state index in [9.17, 15) is 22.4 Å². The molecule has 2 amide bonds. The Hall–Kier alpha value is -3.72. The van der Waals surface area contributed by atoms with Crippen molar-refractivity contribution in [1.29, 1.82) is 0 Å². The zero-order valence-corrected chi connectivity index (χ0v) is 22.0. The van der Waals surface area contributed by atoms with Crippen LogP contribution in [-0.2, 0) is 26.2 Å². The summed E-state index contributed by atoms with van der Waals surface area (Å²) in [6, 6.07) is 19.4. The average molecular weight is 526 g/mol. The van der Waals surface area contributed by atoms with Gasteiger partial charge in [-0.2, -0.15) is 0 Å². The Bertz CT molecular complexity index is 1310. The molecule has 37 heavy (non-hydrogen) atoms. The van der Waals surface area contributed by atoms with Gasteiger partial charge in [0.15, 0.2) is 0 Å². The molecule has 3 aromatic carbocycles. The van der Waals surface area contributed by atoms with Crippen LogP contribution >= 0.6 is 0 Å². The second-order valence-corrected chi connectivity index (χ2v) is 10.4. The van der Waals surface area contributed by atoms with E-state index >= 15 is 0 Å². The minimum atomic E-state index is -4.18. The van der Waals surface area contributed by atoms with E-state index in [4.69, 9.17) is 0 Å². The topological polar surface area (TPSA) is 86.8 Å². The third-order valence-electron chi connectivity index (χ3n) is 6.06. The van der Waals surface area contributed by atoms with E-state index in [2.05, 4.69) is 5.32 Å². The van der Waals surface area contributed by atoms with Crippen LogP contribution < -0.4 is 9.62 Å². The number of rotatable bonds is 11. The second-order valence-electron chi connectivity index (χ2n) is 8.57. The molecule has 7 nitrogen and oxygen atoms in total. The van der Waals surface area contributed by atoms with E-state index in [1.807, 2.05) is 31.2 Å². The lowest BCUT2D eigenvalue weighted by atomic mass is 10.1. The number of amides is 2. The highest BCUT2D eigenvalue weighted by Gasteiger charge is 2.33. The Morgan fingerprint density at radius 2 is 1.54 bits per heavy atom. The van der Waals surface area contributed by atoms with Crippen molar-refractivity contribution in [2.75, 3.05) is 17.4 Å². The first-order valence-corrected chi connectivity index (χ1v) is 13.6. The van der Waals surface area contributed by atoms with Crippen LogP contribution in [0.4, 0.5) is 10.1 Å². The zero-order chi connectivity index (χ0) is 27.0. The standard InChI is InChI=1S/C28H32FN3O4S/c1-4-26(28(34)30-5-2)31(19-22-12-10-9-11-21(22)3)27(33)20-32(24-17-15-23(29)16-18-24)37(35,36)25-13-7-6-8-14-25/h6-18,26H,4-5,19-20H2,1-3H3,(H,30,34)/t26-/m0/s1. The average Bonchev–Trinajstić information content (AvgIpc) is 2.89. The Kier molecular flexibility index (Phi) is 9.41. The number of anilines is 1. The van der Waals surface area contributed by atoms with Gasteiger partial charge in [-0.1, -0.05) is 49.4 Å². The molecular formula is C28H32FN3O4S. The van der Waals surface area contributed by atoms with Crippen molar-refractivity contribution < 1.29 is 22.4 Å². The van der Waals surface area contributed by atoms with Gasteiger partial charge in [0.25, 0.3) is 10.0 Å². The molecule has 0 heterocycles. The van der Waals surface area contributed by atoms with E-state index in [1.165, 1.54) is 29.2 Å². The molecule has 0 saturated carbocycles. The predicted molar refractivity (Wildman–Crippen MR) is 142 cm³/mol. The highest BCUT2D eigenvalue weighted by Crippen LogP contribution is 2.25. The van der Waals surface area contributed by atoms with Crippen LogP contribution in [0, 0.1) is 12.7 Å². The SMILES string of the molecule is CCNC(=O)[C@H](CC)N(Cc1ccccc1C)C(=O)CN(c1ccc(F)cc1)S(=O)(=O)c1ccccc1. The summed E-state index contributed by atoms with van der Waals surface area (Å²) < 4.78 is 41.9. The van der Waals surface area contributed by atoms with E-state index in [0.29, 0.717) is 13.0 Å². The lowest BCUT2D eigenvalue weighted by Gasteiger charge is -2.33. The van der Waals surface area contributed by atoms with Gasteiger partial charge in [0.2, 0.25) is 11.8 Å². The number of hydrogen-bond acceptors (Lipinski definition) is 4. The summed E-state index contributed by atoms with van der Waals surface area (Å²) in [6.45, 7) is 5.47. The van der Waals surface area contributed by atoms with E-state index < -0.39 is 34.3 Å². The molecule has 0 fully saturated rings. The first-order chi connectivity index (χ1) is 17.7. The quantitative estimate of drug-likeness (QED) is 0.405. The first kappa shape index (κ1) is 27.9. The molecule has 3 aromatic rings. The van der Waals surface area contributed by atoms with Gasteiger partial charge in [-0.15, -0.1) is 0 Å². The molecule has 0 spiro atoms. The fourth-order valence-electron chi connectivity index (χ4n) is 4.04. The number of aryl methyl sites for hydroxylation is 1. The van der Waals surface area contributed by atoms with Crippen LogP contribution in [0.1, 0.15) is 31.4 Å². The Labute approximate surface area is 218 Å². The van der Waals surface area contributed by atoms with Crippen molar-refractivity contribution in [3.05, 3.63) is 95.8 Å². The van der Waals surface area contributed by atoms with Crippen LogP contribution in [0.3, 0.4) is 0 Å². The predicted octanol–water partition coefficient (Wildman–Crippen LogP) is 4.27. The molecule has 1 atom stereocenters. The minimum absolute atomic E-state index is 0.00616. The van der Waals surface area contributed by atoms with E-state index in [0.717, 1.165) is 27.6 Å². The fourth-order valence-corrected chi connectivity index (χ4v) is 5.47. The first-order valence-electron chi connectivity index (χ1n) is 12.1. The van der Waals surface area contributed by atoms with Gasteiger partial charge >= 0.3 is 0 Å². The number of hydrogen-bond donors (Lipinski definition) is 1. The van der Waals surface area contributed by atoms with Gasteiger partial charge in [-0.25, -0.2) is 12.8 Å². The molecule has 1 N–H and O–H groups in total. The van der Waals surface area contributed by atoms with E-state index in [1.54, 1.807) is 32.0 Å². The molecule has 3 rings (SSSR count). The number of nitrogens with one attached hydrogen (secondary N) is 1. The van der Waals surface area contributed by atoms with E-state index in [-0.39, 0.29) is 23.0 Å². The van der Waals surface area contributed by atoms with Crippen LogP contribution in [0.2, 0.25) is 0 Å². The van der Waals surface area contributed by atoms with Gasteiger partial charge in [-0.3, -0.25) is 13.9 Å². The summed E-state index contributed by atoms with van der Waals surface area (Å²) in [6.07, 6.45) is 0.339. The van der Waals surface area contributed by atoms with Crippen molar-refractivity contribution in [1.82, 2.24) is 10.2 Å². The van der Waals surface area contributed by atoms with Crippen LogP contribution in [0.25, 0.3) is 0 Å². The summed E-state index contributed by atoms with van der Waals surface area (Å²) in [5.74, 6) is -1.40. The Morgan fingerprint density at radius 1 is 0.919 bits per heavy atom. The largest absolute Gasteiger partial charge is 0.355 e. The van der Waals surface area contributed by atoms with Crippen LogP contribution in [-0.4, -0.2) is 44.3 Å². The maximum atomic E-state index is 13.9. The number of carbonyl (C=O) groups excluding carboxylic acids is 2. The Balaban J connectivity index is 2.05. The maximum absolute atomic E-state index is 13.9. The molecule has 0 aliphatic rings. The lowest BCUT2D eigenvalue weighted by Crippen LogP contribution is -2.52. The number of likely N-dealkylation sites (N-methyl/N-ethyl adjacent to an activating group) is 1. The summed E-state index contributed by atoms with van der Waals surface area (Å²) in [5.41, 5.74) is 1.93. The van der Waals surface area contributed by atoms with Crippen molar-refractivity contribution in [3.8, 4) is 0 Å². The second kappa shape index (κ2) is 12.5. The van der Waals surface area contributed by atoms with Gasteiger partial charge in [0, 0.05) is 13.1 Å². The molecule has 0 aliphatic heterocycles. The molecule has 9 heteroatoms. The monoisotopic (exact) mass is 525 g/mol. The number of halogens is 1. The molecule has 0 aliphatic carbocycles. The number of nitrogens with zero attached hydrogens (tertiary/aromatic N) is 2. The van der Waals surface area contributed by atoms with Crippen LogP contribution in [0.15, 0.2) is 83.8 Å². The van der Waals surface area contributed by atoms with Gasteiger partial charge in [-0.05, 0) is 67.8 Å². The summed E-state index contributed by atoms with van der Waals surface area (Å²) >= 11 is 0. The summed E-state index contributed by atoms with van der Waals surface area (Å²) in [5, 5.41) is 2.77. The third-order valence-corrected chi connectivity index (χ3v) is 7.85.